The molecular formula is C14H17F3N2O. The first-order chi connectivity index (χ1) is 9.12. The number of alkyl halides is 3. The molecule has 1 aromatic rings. The van der Waals surface area contributed by atoms with Gasteiger partial charge in [0.2, 0.25) is 0 Å². The van der Waals surface area contributed by atoms with Gasteiger partial charge in [-0.3, -0.25) is 4.79 Å². The first-order valence-electron chi connectivity index (χ1n) is 6.36. The minimum atomic E-state index is -4.45. The molecule has 1 aromatic carbocycles. The van der Waals surface area contributed by atoms with E-state index in [9.17, 15) is 18.0 Å². The molecule has 1 amide bonds. The quantitative estimate of drug-likeness (QED) is 0.878. The van der Waals surface area contributed by atoms with Crippen LogP contribution in [0.3, 0.4) is 0 Å². The van der Waals surface area contributed by atoms with E-state index >= 15 is 0 Å². The maximum Gasteiger partial charge on any atom is 0.416 e. The van der Waals surface area contributed by atoms with Gasteiger partial charge >= 0.3 is 6.18 Å². The van der Waals surface area contributed by atoms with Gasteiger partial charge in [0.05, 0.1) is 5.56 Å². The topological polar surface area (TPSA) is 55.1 Å². The van der Waals surface area contributed by atoms with Crippen molar-refractivity contribution < 1.29 is 18.0 Å². The molecule has 1 aliphatic carbocycles. The highest BCUT2D eigenvalue weighted by Crippen LogP contribution is 2.39. The lowest BCUT2D eigenvalue weighted by atomic mass is 9.63. The first-order valence-corrected chi connectivity index (χ1v) is 6.36. The van der Waals surface area contributed by atoms with Crippen molar-refractivity contribution in [3.8, 4) is 0 Å². The highest BCUT2D eigenvalue weighted by molar-refractivity contribution is 5.94. The lowest BCUT2D eigenvalue weighted by Crippen LogP contribution is -2.64. The molecule has 3 N–H and O–H groups in total. The van der Waals surface area contributed by atoms with Crippen LogP contribution in [-0.2, 0) is 6.18 Å². The van der Waals surface area contributed by atoms with E-state index < -0.39 is 17.6 Å². The summed E-state index contributed by atoms with van der Waals surface area (Å²) in [6, 6.07) is 4.29. The minimum Gasteiger partial charge on any atom is -0.349 e. The van der Waals surface area contributed by atoms with E-state index in [-0.39, 0.29) is 23.1 Å². The molecule has 2 atom stereocenters. The maximum atomic E-state index is 12.6. The van der Waals surface area contributed by atoms with Crippen LogP contribution in [0.25, 0.3) is 0 Å². The lowest BCUT2D eigenvalue weighted by Gasteiger charge is -2.50. The second-order valence-corrected chi connectivity index (χ2v) is 5.77. The van der Waals surface area contributed by atoms with E-state index in [2.05, 4.69) is 5.32 Å². The van der Waals surface area contributed by atoms with Crippen molar-refractivity contribution in [2.24, 2.45) is 11.1 Å². The molecule has 0 bridgehead atoms. The number of nitrogens with one attached hydrogen (secondary N) is 1. The Morgan fingerprint density at radius 1 is 1.40 bits per heavy atom. The average molecular weight is 286 g/mol. The summed E-state index contributed by atoms with van der Waals surface area (Å²) >= 11 is 0. The third-order valence-corrected chi connectivity index (χ3v) is 4.10. The molecule has 0 saturated heterocycles. The van der Waals surface area contributed by atoms with Gasteiger partial charge in [-0.1, -0.05) is 19.9 Å². The number of halogens is 3. The molecular weight excluding hydrogens is 269 g/mol. The summed E-state index contributed by atoms with van der Waals surface area (Å²) in [6.45, 7) is 3.86. The standard InChI is InChI=1S/C14H17F3N2O/c1-13(2)10(18)7-11(13)19-12(20)8-4-3-5-9(6-8)14(15,16)17/h3-6,10-11H,7,18H2,1-2H3,(H,19,20). The Balaban J connectivity index is 2.11. The van der Waals surface area contributed by atoms with Crippen LogP contribution in [0.15, 0.2) is 24.3 Å². The number of benzene rings is 1. The van der Waals surface area contributed by atoms with Crippen LogP contribution in [0.5, 0.6) is 0 Å². The predicted molar refractivity (Wildman–Crippen MR) is 69.1 cm³/mol. The van der Waals surface area contributed by atoms with Gasteiger partial charge in [0.1, 0.15) is 0 Å². The smallest absolute Gasteiger partial charge is 0.349 e. The molecule has 3 nitrogen and oxygen atoms in total. The van der Waals surface area contributed by atoms with Gasteiger partial charge in [-0.25, -0.2) is 0 Å². The van der Waals surface area contributed by atoms with E-state index in [1.165, 1.54) is 12.1 Å². The molecule has 2 unspecified atom stereocenters. The highest BCUT2D eigenvalue weighted by Gasteiger charge is 2.46. The van der Waals surface area contributed by atoms with Crippen molar-refractivity contribution in [1.82, 2.24) is 5.32 Å². The van der Waals surface area contributed by atoms with Crippen molar-refractivity contribution in [2.75, 3.05) is 0 Å². The molecule has 0 radical (unpaired) electrons. The van der Waals surface area contributed by atoms with E-state index in [1.807, 2.05) is 13.8 Å². The van der Waals surface area contributed by atoms with E-state index in [1.54, 1.807) is 0 Å². The van der Waals surface area contributed by atoms with E-state index in [0.717, 1.165) is 12.1 Å². The van der Waals surface area contributed by atoms with Gasteiger partial charge < -0.3 is 11.1 Å². The van der Waals surface area contributed by atoms with Crippen LogP contribution in [0.4, 0.5) is 13.2 Å². The Morgan fingerprint density at radius 3 is 2.55 bits per heavy atom. The summed E-state index contributed by atoms with van der Waals surface area (Å²) in [7, 11) is 0. The fourth-order valence-electron chi connectivity index (χ4n) is 2.28. The fraction of sp³-hybridized carbons (Fsp3) is 0.500. The molecule has 2 rings (SSSR count). The molecule has 20 heavy (non-hydrogen) atoms. The third-order valence-electron chi connectivity index (χ3n) is 4.10. The Hall–Kier alpha value is -1.56. The molecule has 1 fully saturated rings. The largest absolute Gasteiger partial charge is 0.416 e. The van der Waals surface area contributed by atoms with Crippen LogP contribution in [0, 0.1) is 5.41 Å². The van der Waals surface area contributed by atoms with E-state index in [4.69, 9.17) is 5.73 Å². The second-order valence-electron chi connectivity index (χ2n) is 5.77. The van der Waals surface area contributed by atoms with Crippen molar-refractivity contribution >= 4 is 5.91 Å². The first kappa shape index (κ1) is 14.8. The zero-order valence-corrected chi connectivity index (χ0v) is 11.3. The van der Waals surface area contributed by atoms with Crippen molar-refractivity contribution in [2.45, 2.75) is 38.5 Å². The fourth-order valence-corrected chi connectivity index (χ4v) is 2.28. The van der Waals surface area contributed by atoms with Gasteiger partial charge in [-0.05, 0) is 24.6 Å². The molecule has 6 heteroatoms. The maximum absolute atomic E-state index is 12.6. The van der Waals surface area contributed by atoms with Gasteiger partial charge in [-0.15, -0.1) is 0 Å². The zero-order valence-electron chi connectivity index (χ0n) is 11.3. The Morgan fingerprint density at radius 2 is 2.05 bits per heavy atom. The minimum absolute atomic E-state index is 0.00527. The van der Waals surface area contributed by atoms with Gasteiger partial charge in [0.15, 0.2) is 0 Å². The van der Waals surface area contributed by atoms with Crippen LogP contribution in [0.2, 0.25) is 0 Å². The number of rotatable bonds is 2. The molecule has 0 aromatic heterocycles. The normalized spacial score (nSPS) is 24.9. The van der Waals surface area contributed by atoms with Crippen LogP contribution < -0.4 is 11.1 Å². The second kappa shape index (κ2) is 4.77. The zero-order chi connectivity index (χ0) is 15.1. The molecule has 0 aliphatic heterocycles. The molecule has 0 spiro atoms. The number of amides is 1. The number of carbonyl (C=O) groups excluding carboxylic acids is 1. The van der Waals surface area contributed by atoms with Gasteiger partial charge in [0, 0.05) is 23.1 Å². The van der Waals surface area contributed by atoms with Crippen LogP contribution in [0.1, 0.15) is 36.2 Å². The lowest BCUT2D eigenvalue weighted by molar-refractivity contribution is -0.137. The van der Waals surface area contributed by atoms with Crippen molar-refractivity contribution in [1.29, 1.82) is 0 Å². The summed E-state index contributed by atoms with van der Waals surface area (Å²) in [5.41, 5.74) is 4.79. The van der Waals surface area contributed by atoms with E-state index in [0.29, 0.717) is 6.42 Å². The SMILES string of the molecule is CC1(C)C(N)CC1NC(=O)c1cccc(C(F)(F)F)c1. The predicted octanol–water partition coefficient (Wildman–Crippen LogP) is 2.56. The number of hydrogen-bond acceptors (Lipinski definition) is 2. The van der Waals surface area contributed by atoms with Gasteiger partial charge in [0.25, 0.3) is 5.91 Å². The summed E-state index contributed by atoms with van der Waals surface area (Å²) in [5, 5.41) is 2.75. The highest BCUT2D eigenvalue weighted by atomic mass is 19.4. The van der Waals surface area contributed by atoms with Gasteiger partial charge in [-0.2, -0.15) is 13.2 Å². The summed E-state index contributed by atoms with van der Waals surface area (Å²) < 4.78 is 37.8. The number of hydrogen-bond donors (Lipinski definition) is 2. The summed E-state index contributed by atoms with van der Waals surface area (Å²) in [4.78, 5) is 12.0. The summed E-state index contributed by atoms with van der Waals surface area (Å²) in [5.74, 6) is -0.499. The van der Waals surface area contributed by atoms with Crippen molar-refractivity contribution in [3.05, 3.63) is 35.4 Å². The average Bonchev–Trinajstić information content (AvgIpc) is 2.37. The summed E-state index contributed by atoms with van der Waals surface area (Å²) in [6.07, 6.45) is -3.81. The monoisotopic (exact) mass is 286 g/mol. The van der Waals surface area contributed by atoms with Crippen LogP contribution in [-0.4, -0.2) is 18.0 Å². The molecule has 0 heterocycles. The Kier molecular flexibility index (Phi) is 3.54. The molecule has 1 aliphatic rings. The number of carbonyl (C=O) groups is 1. The Bertz CT molecular complexity index is 525. The molecule has 1 saturated carbocycles. The van der Waals surface area contributed by atoms with Crippen LogP contribution >= 0.6 is 0 Å². The van der Waals surface area contributed by atoms with Crippen molar-refractivity contribution in [3.63, 3.8) is 0 Å². The third kappa shape index (κ3) is 2.65. The molecule has 110 valence electrons. The number of nitrogens with two attached hydrogens (primary N) is 1. The Labute approximate surface area is 115 Å².